The minimum absolute atomic E-state index is 0.107. The van der Waals surface area contributed by atoms with Crippen molar-refractivity contribution < 1.29 is 4.74 Å². The van der Waals surface area contributed by atoms with E-state index in [1.807, 2.05) is 6.20 Å². The Labute approximate surface area is 102 Å². The van der Waals surface area contributed by atoms with Crippen molar-refractivity contribution in [2.24, 2.45) is 0 Å². The Morgan fingerprint density at radius 3 is 2.69 bits per heavy atom. The van der Waals surface area contributed by atoms with Gasteiger partial charge in [-0.05, 0) is 25.6 Å². The highest BCUT2D eigenvalue weighted by atomic mass is 32.1. The Morgan fingerprint density at radius 1 is 1.50 bits per heavy atom. The monoisotopic (exact) mass is 240 g/mol. The summed E-state index contributed by atoms with van der Waals surface area (Å²) < 4.78 is 8.69. The van der Waals surface area contributed by atoms with Crippen molar-refractivity contribution in [2.75, 3.05) is 6.61 Å². The van der Waals surface area contributed by atoms with Gasteiger partial charge in [-0.15, -0.1) is 0 Å². The van der Waals surface area contributed by atoms with Gasteiger partial charge in [0.05, 0.1) is 12.1 Å². The first-order chi connectivity index (χ1) is 7.41. The predicted octanol–water partition coefficient (Wildman–Crippen LogP) is 3.19. The summed E-state index contributed by atoms with van der Waals surface area (Å²) in [4.78, 5) is 3.16. The molecule has 1 aromatic heterocycles. The van der Waals surface area contributed by atoms with Crippen molar-refractivity contribution >= 4 is 12.2 Å². The molecule has 1 N–H and O–H groups in total. The average Bonchev–Trinajstić information content (AvgIpc) is 2.70. The van der Waals surface area contributed by atoms with Crippen LogP contribution in [-0.2, 0) is 10.2 Å². The molecule has 2 atom stereocenters. The van der Waals surface area contributed by atoms with Gasteiger partial charge in [-0.2, -0.15) is 0 Å². The summed E-state index contributed by atoms with van der Waals surface area (Å²) in [7, 11) is 0. The molecular weight excluding hydrogens is 220 g/mol. The van der Waals surface area contributed by atoms with Crippen LogP contribution in [0.25, 0.3) is 0 Å². The molecule has 1 saturated heterocycles. The van der Waals surface area contributed by atoms with Gasteiger partial charge in [-0.1, -0.05) is 20.8 Å². The second-order valence-corrected chi connectivity index (χ2v) is 5.92. The van der Waals surface area contributed by atoms with E-state index in [4.69, 9.17) is 17.0 Å². The average molecular weight is 240 g/mol. The van der Waals surface area contributed by atoms with Crippen LogP contribution in [-0.4, -0.2) is 22.3 Å². The normalized spacial score (nSPS) is 26.2. The van der Waals surface area contributed by atoms with E-state index in [0.29, 0.717) is 6.04 Å². The molecular formula is C12H20N2OS. The number of aromatic amines is 1. The highest BCUT2D eigenvalue weighted by molar-refractivity contribution is 7.71. The van der Waals surface area contributed by atoms with Gasteiger partial charge < -0.3 is 14.3 Å². The highest BCUT2D eigenvalue weighted by Crippen LogP contribution is 2.32. The van der Waals surface area contributed by atoms with E-state index < -0.39 is 0 Å². The molecule has 1 aromatic rings. The largest absolute Gasteiger partial charge is 0.376 e. The fourth-order valence-electron chi connectivity index (χ4n) is 2.35. The van der Waals surface area contributed by atoms with Crippen molar-refractivity contribution in [3.05, 3.63) is 16.7 Å². The minimum Gasteiger partial charge on any atom is -0.376 e. The maximum absolute atomic E-state index is 5.63. The van der Waals surface area contributed by atoms with Crippen LogP contribution in [0.1, 0.15) is 45.9 Å². The molecule has 1 fully saturated rings. The number of nitrogens with zero attached hydrogens (tertiary/aromatic N) is 1. The van der Waals surface area contributed by atoms with Crippen LogP contribution < -0.4 is 0 Å². The summed E-state index contributed by atoms with van der Waals surface area (Å²) in [5, 5.41) is 0. The lowest BCUT2D eigenvalue weighted by atomic mass is 9.92. The molecule has 4 heteroatoms. The van der Waals surface area contributed by atoms with E-state index in [1.54, 1.807) is 0 Å². The number of nitrogens with one attached hydrogen (secondary N) is 1. The standard InChI is InChI=1S/C12H20N2OS/c1-8-9(5-6-15-8)14-10(12(2,3)4)7-13-11(14)16/h7-9H,5-6H2,1-4H3,(H,13,16). The summed E-state index contributed by atoms with van der Waals surface area (Å²) >= 11 is 5.38. The van der Waals surface area contributed by atoms with Crippen LogP contribution in [0.4, 0.5) is 0 Å². The second kappa shape index (κ2) is 4.00. The Balaban J connectivity index is 2.47. The number of rotatable bonds is 1. The van der Waals surface area contributed by atoms with E-state index in [9.17, 15) is 0 Å². The molecule has 16 heavy (non-hydrogen) atoms. The minimum atomic E-state index is 0.107. The summed E-state index contributed by atoms with van der Waals surface area (Å²) in [5.74, 6) is 0. The third-order valence-electron chi connectivity index (χ3n) is 3.25. The molecule has 0 saturated carbocycles. The molecule has 2 heterocycles. The molecule has 2 rings (SSSR count). The zero-order valence-electron chi connectivity index (χ0n) is 10.4. The van der Waals surface area contributed by atoms with Gasteiger partial charge in [0.2, 0.25) is 0 Å². The van der Waals surface area contributed by atoms with Crippen molar-refractivity contribution in [1.29, 1.82) is 0 Å². The van der Waals surface area contributed by atoms with E-state index in [2.05, 4.69) is 37.2 Å². The Morgan fingerprint density at radius 2 is 2.19 bits per heavy atom. The molecule has 1 aliphatic heterocycles. The summed E-state index contributed by atoms with van der Waals surface area (Å²) in [6, 6.07) is 0.382. The van der Waals surface area contributed by atoms with E-state index in [-0.39, 0.29) is 11.5 Å². The van der Waals surface area contributed by atoms with Crippen molar-refractivity contribution in [3.63, 3.8) is 0 Å². The first-order valence-electron chi connectivity index (χ1n) is 5.83. The number of hydrogen-bond donors (Lipinski definition) is 1. The molecule has 0 aromatic carbocycles. The van der Waals surface area contributed by atoms with Crippen LogP contribution in [0.15, 0.2) is 6.20 Å². The second-order valence-electron chi connectivity index (χ2n) is 5.53. The molecule has 0 bridgehead atoms. The Kier molecular flexibility index (Phi) is 2.97. The van der Waals surface area contributed by atoms with E-state index in [1.165, 1.54) is 5.69 Å². The molecule has 90 valence electrons. The molecule has 3 nitrogen and oxygen atoms in total. The number of imidazole rings is 1. The lowest BCUT2D eigenvalue weighted by Gasteiger charge is -2.25. The maximum atomic E-state index is 5.63. The molecule has 2 unspecified atom stereocenters. The van der Waals surface area contributed by atoms with Gasteiger partial charge in [0.1, 0.15) is 0 Å². The zero-order valence-corrected chi connectivity index (χ0v) is 11.2. The van der Waals surface area contributed by atoms with Gasteiger partial charge in [-0.25, -0.2) is 0 Å². The van der Waals surface area contributed by atoms with Gasteiger partial charge in [-0.3, -0.25) is 0 Å². The highest BCUT2D eigenvalue weighted by Gasteiger charge is 2.30. The Hall–Kier alpha value is -0.610. The van der Waals surface area contributed by atoms with Crippen molar-refractivity contribution in [1.82, 2.24) is 9.55 Å². The SMILES string of the molecule is CC1OCCC1n1c(C(C)(C)C)c[nH]c1=S. The summed E-state index contributed by atoms with van der Waals surface area (Å²) in [6.07, 6.45) is 3.34. The first-order valence-corrected chi connectivity index (χ1v) is 6.24. The van der Waals surface area contributed by atoms with Crippen LogP contribution in [0.3, 0.4) is 0 Å². The van der Waals surface area contributed by atoms with Crippen molar-refractivity contribution in [3.8, 4) is 0 Å². The fourth-order valence-corrected chi connectivity index (χ4v) is 2.64. The third kappa shape index (κ3) is 1.96. The smallest absolute Gasteiger partial charge is 0.177 e. The maximum Gasteiger partial charge on any atom is 0.177 e. The number of hydrogen-bond acceptors (Lipinski definition) is 2. The first kappa shape index (κ1) is 11.9. The zero-order chi connectivity index (χ0) is 11.9. The molecule has 1 aliphatic rings. The van der Waals surface area contributed by atoms with Gasteiger partial charge in [0.25, 0.3) is 0 Å². The van der Waals surface area contributed by atoms with E-state index in [0.717, 1.165) is 17.8 Å². The van der Waals surface area contributed by atoms with Crippen LogP contribution >= 0.6 is 12.2 Å². The lowest BCUT2D eigenvalue weighted by Crippen LogP contribution is -2.24. The number of aromatic nitrogens is 2. The summed E-state index contributed by atoms with van der Waals surface area (Å²) in [5.41, 5.74) is 1.37. The fraction of sp³-hybridized carbons (Fsp3) is 0.750. The molecule has 0 radical (unpaired) electrons. The van der Waals surface area contributed by atoms with Crippen LogP contribution in [0, 0.1) is 4.77 Å². The third-order valence-corrected chi connectivity index (χ3v) is 3.56. The van der Waals surface area contributed by atoms with Crippen LogP contribution in [0.5, 0.6) is 0 Å². The summed E-state index contributed by atoms with van der Waals surface area (Å²) in [6.45, 7) is 9.59. The Bertz CT molecular complexity index is 427. The molecule has 0 aliphatic carbocycles. The predicted molar refractivity (Wildman–Crippen MR) is 67.4 cm³/mol. The number of H-pyrrole nitrogens is 1. The van der Waals surface area contributed by atoms with Crippen molar-refractivity contribution in [2.45, 2.75) is 51.7 Å². The number of ether oxygens (including phenoxy) is 1. The lowest BCUT2D eigenvalue weighted by molar-refractivity contribution is 0.106. The van der Waals surface area contributed by atoms with Gasteiger partial charge in [0, 0.05) is 23.9 Å². The molecule has 0 amide bonds. The topological polar surface area (TPSA) is 29.9 Å². The van der Waals surface area contributed by atoms with Crippen LogP contribution in [0.2, 0.25) is 0 Å². The molecule has 0 spiro atoms. The quantitative estimate of drug-likeness (QED) is 0.764. The van der Waals surface area contributed by atoms with Gasteiger partial charge >= 0.3 is 0 Å². The van der Waals surface area contributed by atoms with E-state index >= 15 is 0 Å². The van der Waals surface area contributed by atoms with Gasteiger partial charge in [0.15, 0.2) is 4.77 Å².